The molecular formula is C14H18F2N2O2S. The van der Waals surface area contributed by atoms with Gasteiger partial charge < -0.3 is 5.32 Å². The van der Waals surface area contributed by atoms with Gasteiger partial charge in [0.25, 0.3) is 0 Å². The van der Waals surface area contributed by atoms with E-state index in [1.54, 1.807) is 0 Å². The second-order valence-electron chi connectivity index (χ2n) is 5.68. The van der Waals surface area contributed by atoms with Crippen molar-refractivity contribution in [1.82, 2.24) is 9.62 Å². The van der Waals surface area contributed by atoms with Crippen LogP contribution in [0, 0.1) is 11.6 Å². The van der Waals surface area contributed by atoms with Gasteiger partial charge in [-0.2, -0.15) is 4.31 Å². The predicted octanol–water partition coefficient (Wildman–Crippen LogP) is 1.87. The zero-order valence-corrected chi connectivity index (χ0v) is 12.4. The number of nitrogens with one attached hydrogen (secondary N) is 1. The average molecular weight is 316 g/mol. The number of halogens is 2. The van der Waals surface area contributed by atoms with Gasteiger partial charge in [-0.3, -0.25) is 0 Å². The Morgan fingerprint density at radius 3 is 2.52 bits per heavy atom. The summed E-state index contributed by atoms with van der Waals surface area (Å²) in [7, 11) is -3.78. The monoisotopic (exact) mass is 316 g/mol. The fourth-order valence-corrected chi connectivity index (χ4v) is 4.45. The molecule has 2 fully saturated rings. The highest BCUT2D eigenvalue weighted by atomic mass is 32.2. The minimum atomic E-state index is -3.78. The van der Waals surface area contributed by atoms with Crippen LogP contribution in [0.15, 0.2) is 23.1 Å². The van der Waals surface area contributed by atoms with Crippen molar-refractivity contribution in [1.29, 1.82) is 0 Å². The van der Waals surface area contributed by atoms with Crippen LogP contribution >= 0.6 is 0 Å². The van der Waals surface area contributed by atoms with Crippen molar-refractivity contribution in [3.05, 3.63) is 29.8 Å². The van der Waals surface area contributed by atoms with Crippen LogP contribution in [-0.2, 0) is 10.0 Å². The lowest BCUT2D eigenvalue weighted by Crippen LogP contribution is -2.42. The maximum atomic E-state index is 13.3. The summed E-state index contributed by atoms with van der Waals surface area (Å²) in [6, 6.07) is 2.89. The molecule has 1 aromatic carbocycles. The fourth-order valence-electron chi connectivity index (χ4n) is 2.71. The summed E-state index contributed by atoms with van der Waals surface area (Å²) in [5.41, 5.74) is 0. The SMILES string of the molecule is O=S(=O)(c1ccc(F)c(F)c1)N(CC1CCCN1)C1CC1. The minimum Gasteiger partial charge on any atom is -0.313 e. The Morgan fingerprint density at radius 2 is 1.95 bits per heavy atom. The third-order valence-corrected chi connectivity index (χ3v) is 5.93. The van der Waals surface area contributed by atoms with E-state index < -0.39 is 21.7 Å². The summed E-state index contributed by atoms with van der Waals surface area (Å²) in [5, 5.41) is 3.27. The largest absolute Gasteiger partial charge is 0.313 e. The Labute approximate surface area is 123 Å². The van der Waals surface area contributed by atoms with Gasteiger partial charge in [0, 0.05) is 18.6 Å². The van der Waals surface area contributed by atoms with Crippen molar-refractivity contribution in [2.45, 2.75) is 42.7 Å². The maximum absolute atomic E-state index is 13.3. The molecular weight excluding hydrogens is 298 g/mol. The summed E-state index contributed by atoms with van der Waals surface area (Å²) in [6.45, 7) is 1.29. The molecule has 1 saturated heterocycles. The standard InChI is InChI=1S/C14H18F2N2O2S/c15-13-6-5-12(8-14(13)16)21(19,20)18(11-3-4-11)9-10-2-1-7-17-10/h5-6,8,10-11,17H,1-4,7,9H2. The highest BCUT2D eigenvalue weighted by Gasteiger charge is 2.39. The van der Waals surface area contributed by atoms with Crippen LogP contribution in [0.1, 0.15) is 25.7 Å². The van der Waals surface area contributed by atoms with Crippen LogP contribution in [0.5, 0.6) is 0 Å². The lowest BCUT2D eigenvalue weighted by atomic mass is 10.2. The van der Waals surface area contributed by atoms with E-state index in [1.807, 2.05) is 0 Å². The van der Waals surface area contributed by atoms with Crippen LogP contribution < -0.4 is 5.32 Å². The molecule has 3 rings (SSSR count). The Morgan fingerprint density at radius 1 is 1.19 bits per heavy atom. The molecule has 1 aliphatic carbocycles. The molecule has 1 atom stereocenters. The van der Waals surface area contributed by atoms with Crippen LogP contribution in [0.2, 0.25) is 0 Å². The molecule has 1 N–H and O–H groups in total. The third-order valence-electron chi connectivity index (χ3n) is 4.01. The summed E-state index contributed by atoms with van der Waals surface area (Å²) in [6.07, 6.45) is 3.64. The molecule has 2 aliphatic rings. The first-order valence-electron chi connectivity index (χ1n) is 7.19. The molecule has 1 heterocycles. The number of benzene rings is 1. The number of hydrogen-bond acceptors (Lipinski definition) is 3. The highest BCUT2D eigenvalue weighted by Crippen LogP contribution is 2.33. The Bertz CT molecular complexity index is 626. The van der Waals surface area contributed by atoms with Crippen molar-refractivity contribution in [2.24, 2.45) is 0 Å². The molecule has 116 valence electrons. The number of nitrogens with zero attached hydrogens (tertiary/aromatic N) is 1. The van der Waals surface area contributed by atoms with Gasteiger partial charge in [0.1, 0.15) is 0 Å². The van der Waals surface area contributed by atoms with Crippen LogP contribution in [0.3, 0.4) is 0 Å². The molecule has 1 saturated carbocycles. The topological polar surface area (TPSA) is 49.4 Å². The van der Waals surface area contributed by atoms with Crippen LogP contribution in [-0.4, -0.2) is 37.9 Å². The summed E-state index contributed by atoms with van der Waals surface area (Å²) in [4.78, 5) is -0.175. The van der Waals surface area contributed by atoms with Crippen molar-refractivity contribution >= 4 is 10.0 Å². The highest BCUT2D eigenvalue weighted by molar-refractivity contribution is 7.89. The molecule has 1 aliphatic heterocycles. The first-order valence-corrected chi connectivity index (χ1v) is 8.63. The van der Waals surface area contributed by atoms with Crippen molar-refractivity contribution < 1.29 is 17.2 Å². The molecule has 7 heteroatoms. The third kappa shape index (κ3) is 3.09. The molecule has 0 radical (unpaired) electrons. The minimum absolute atomic E-state index is 0.00878. The number of rotatable bonds is 5. The first kappa shape index (κ1) is 14.9. The van der Waals surface area contributed by atoms with Crippen LogP contribution in [0.4, 0.5) is 8.78 Å². The van der Waals surface area contributed by atoms with E-state index in [1.165, 1.54) is 4.31 Å². The Hall–Kier alpha value is -1.05. The quantitative estimate of drug-likeness (QED) is 0.902. The fraction of sp³-hybridized carbons (Fsp3) is 0.571. The normalized spacial score (nSPS) is 22.9. The van der Waals surface area contributed by atoms with E-state index in [0.29, 0.717) is 6.54 Å². The number of hydrogen-bond donors (Lipinski definition) is 1. The van der Waals surface area contributed by atoms with Gasteiger partial charge in [-0.25, -0.2) is 17.2 Å². The Kier molecular flexibility index (Phi) is 3.98. The van der Waals surface area contributed by atoms with Crippen molar-refractivity contribution in [2.75, 3.05) is 13.1 Å². The molecule has 0 aromatic heterocycles. The summed E-state index contributed by atoms with van der Waals surface area (Å²) < 4.78 is 53.1. The van der Waals surface area contributed by atoms with Gasteiger partial charge in [-0.05, 0) is 50.4 Å². The molecule has 4 nitrogen and oxygen atoms in total. The second-order valence-corrected chi connectivity index (χ2v) is 7.57. The lowest BCUT2D eigenvalue weighted by Gasteiger charge is -2.25. The molecule has 1 unspecified atom stereocenters. The molecule has 0 amide bonds. The van der Waals surface area contributed by atoms with Crippen molar-refractivity contribution in [3.8, 4) is 0 Å². The van der Waals surface area contributed by atoms with E-state index in [9.17, 15) is 17.2 Å². The molecule has 0 spiro atoms. The maximum Gasteiger partial charge on any atom is 0.243 e. The summed E-state index contributed by atoms with van der Waals surface area (Å²) in [5.74, 6) is -2.17. The van der Waals surface area contributed by atoms with E-state index in [0.717, 1.165) is 50.4 Å². The molecule has 0 bridgehead atoms. The number of sulfonamides is 1. The zero-order chi connectivity index (χ0) is 15.0. The van der Waals surface area contributed by atoms with Crippen molar-refractivity contribution in [3.63, 3.8) is 0 Å². The summed E-state index contributed by atoms with van der Waals surface area (Å²) >= 11 is 0. The van der Waals surface area contributed by atoms with Gasteiger partial charge in [0.2, 0.25) is 10.0 Å². The van der Waals surface area contributed by atoms with E-state index in [2.05, 4.69) is 5.32 Å². The van der Waals surface area contributed by atoms with E-state index >= 15 is 0 Å². The van der Waals surface area contributed by atoms with Gasteiger partial charge in [0.05, 0.1) is 4.90 Å². The Balaban J connectivity index is 1.87. The zero-order valence-electron chi connectivity index (χ0n) is 11.6. The van der Waals surface area contributed by atoms with Crippen LogP contribution in [0.25, 0.3) is 0 Å². The smallest absolute Gasteiger partial charge is 0.243 e. The molecule has 21 heavy (non-hydrogen) atoms. The predicted molar refractivity (Wildman–Crippen MR) is 74.3 cm³/mol. The van der Waals surface area contributed by atoms with E-state index in [-0.39, 0.29) is 17.0 Å². The van der Waals surface area contributed by atoms with E-state index in [4.69, 9.17) is 0 Å². The first-order chi connectivity index (χ1) is 9.98. The van der Waals surface area contributed by atoms with Gasteiger partial charge >= 0.3 is 0 Å². The van der Waals surface area contributed by atoms with Gasteiger partial charge in [0.15, 0.2) is 11.6 Å². The average Bonchev–Trinajstić information content (AvgIpc) is 3.15. The van der Waals surface area contributed by atoms with Gasteiger partial charge in [-0.1, -0.05) is 0 Å². The molecule has 1 aromatic rings. The second kappa shape index (κ2) is 5.62. The van der Waals surface area contributed by atoms with Gasteiger partial charge in [-0.15, -0.1) is 0 Å². The lowest BCUT2D eigenvalue weighted by molar-refractivity contribution is 0.362.